The fraction of sp³-hybridized carbons (Fsp3) is 0.438. The van der Waals surface area contributed by atoms with Crippen LogP contribution in [0.15, 0.2) is 61.1 Å². The molecular weight excluding hydrogens is 564 g/mol. The molecule has 1 amide bonds. The van der Waals surface area contributed by atoms with Crippen molar-refractivity contribution in [3.63, 3.8) is 0 Å². The highest BCUT2D eigenvalue weighted by molar-refractivity contribution is 8.24. The standard InChI is InChI=1S/C32H40N6O4S/c1-32(2,3)42-31(39)37-13-11-26(12-14-37)38-22-25(19-34-38)29-20-33-28-6-4-5-27(30(28)35-29)24-9-7-23(8-10-24)21-36-15-17-43(40,41)18-16-36/h4-10,19-20,22,26,40-41H,11-18,21H2,1-3H3. The number of piperidine rings is 1. The van der Waals surface area contributed by atoms with Crippen molar-refractivity contribution in [1.82, 2.24) is 29.5 Å². The predicted octanol–water partition coefficient (Wildman–Crippen LogP) is 6.30. The largest absolute Gasteiger partial charge is 0.444 e. The summed E-state index contributed by atoms with van der Waals surface area (Å²) in [7, 11) is -2.39. The van der Waals surface area contributed by atoms with Crippen LogP contribution >= 0.6 is 10.6 Å². The molecular formula is C32H40N6O4S. The van der Waals surface area contributed by atoms with Crippen molar-refractivity contribution >= 4 is 27.7 Å². The molecule has 2 saturated heterocycles. The Bertz CT molecular complexity index is 1580. The average Bonchev–Trinajstić information content (AvgIpc) is 3.48. The van der Waals surface area contributed by atoms with Gasteiger partial charge < -0.3 is 9.64 Å². The zero-order valence-electron chi connectivity index (χ0n) is 25.0. The fourth-order valence-corrected chi connectivity index (χ4v) is 6.99. The maximum Gasteiger partial charge on any atom is 0.410 e. The van der Waals surface area contributed by atoms with Crippen LogP contribution in [-0.2, 0) is 11.3 Å². The van der Waals surface area contributed by atoms with Gasteiger partial charge in [-0.05, 0) is 50.8 Å². The van der Waals surface area contributed by atoms with Gasteiger partial charge in [-0.15, -0.1) is 0 Å². The van der Waals surface area contributed by atoms with Crippen molar-refractivity contribution in [1.29, 1.82) is 0 Å². The Hall–Kier alpha value is -3.51. The monoisotopic (exact) mass is 604 g/mol. The Morgan fingerprint density at radius 3 is 2.40 bits per heavy atom. The van der Waals surface area contributed by atoms with Crippen LogP contribution in [0.25, 0.3) is 33.4 Å². The van der Waals surface area contributed by atoms with Crippen LogP contribution in [-0.4, -0.2) is 88.0 Å². The van der Waals surface area contributed by atoms with E-state index in [4.69, 9.17) is 14.7 Å². The zero-order chi connectivity index (χ0) is 30.2. The number of amides is 1. The number of para-hydroxylation sites is 1. The number of carbonyl (C=O) groups excluding carboxylic acids is 1. The number of fused-ring (bicyclic) bond motifs is 1. The predicted molar refractivity (Wildman–Crippen MR) is 170 cm³/mol. The summed E-state index contributed by atoms with van der Waals surface area (Å²) in [5.74, 6) is 0.905. The molecule has 2 fully saturated rings. The summed E-state index contributed by atoms with van der Waals surface area (Å²) in [6.07, 6.45) is 7.04. The summed E-state index contributed by atoms with van der Waals surface area (Å²) in [5.41, 5.74) is 6.14. The lowest BCUT2D eigenvalue weighted by molar-refractivity contribution is 0.0184. The molecule has 0 saturated carbocycles. The van der Waals surface area contributed by atoms with Gasteiger partial charge in [0, 0.05) is 50.0 Å². The normalized spacial score (nSPS) is 19.0. The van der Waals surface area contributed by atoms with Crippen LogP contribution in [0.2, 0.25) is 0 Å². The number of aromatic nitrogens is 4. The molecule has 0 radical (unpaired) electrons. The molecule has 2 aliphatic heterocycles. The fourth-order valence-electron chi connectivity index (χ4n) is 5.68. The topological polar surface area (TPSA) is 117 Å². The van der Waals surface area contributed by atoms with E-state index in [1.165, 1.54) is 5.56 Å². The molecule has 0 aliphatic carbocycles. The second kappa shape index (κ2) is 11.9. The van der Waals surface area contributed by atoms with E-state index in [1.807, 2.05) is 50.0 Å². The summed E-state index contributed by atoms with van der Waals surface area (Å²) in [4.78, 5) is 26.3. The molecule has 6 rings (SSSR count). The van der Waals surface area contributed by atoms with Crippen molar-refractivity contribution in [2.24, 2.45) is 0 Å². The Labute approximate surface area is 254 Å². The molecule has 0 bridgehead atoms. The van der Waals surface area contributed by atoms with Crippen molar-refractivity contribution in [3.05, 3.63) is 66.6 Å². The highest BCUT2D eigenvalue weighted by atomic mass is 32.3. The maximum atomic E-state index is 12.4. The highest BCUT2D eigenvalue weighted by Gasteiger charge is 2.28. The molecule has 2 aromatic carbocycles. The second-order valence-corrected chi connectivity index (χ2v) is 14.9. The van der Waals surface area contributed by atoms with Gasteiger partial charge in [-0.25, -0.2) is 9.78 Å². The smallest absolute Gasteiger partial charge is 0.410 e. The van der Waals surface area contributed by atoms with Crippen LogP contribution in [0.3, 0.4) is 0 Å². The van der Waals surface area contributed by atoms with Gasteiger partial charge >= 0.3 is 6.09 Å². The number of benzene rings is 2. The van der Waals surface area contributed by atoms with Crippen molar-refractivity contribution < 1.29 is 18.6 Å². The van der Waals surface area contributed by atoms with Gasteiger partial charge in [0.05, 0.1) is 46.7 Å². The molecule has 0 spiro atoms. The first-order valence-corrected chi connectivity index (χ1v) is 16.7. The number of likely N-dealkylation sites (tertiary alicyclic amines) is 1. The first kappa shape index (κ1) is 29.6. The molecule has 43 heavy (non-hydrogen) atoms. The molecule has 4 aromatic rings. The number of rotatable bonds is 5. The maximum absolute atomic E-state index is 12.4. The SMILES string of the molecule is CC(C)(C)OC(=O)N1CCC(n2cc(-c3cnc4cccc(-c5ccc(CN6CCS(O)(O)CC6)cc5)c4n3)cn2)CC1. The number of hydrogen-bond acceptors (Lipinski definition) is 8. The summed E-state index contributed by atoms with van der Waals surface area (Å²) in [6.45, 7) is 9.12. The molecule has 10 nitrogen and oxygen atoms in total. The summed E-state index contributed by atoms with van der Waals surface area (Å²) < 4.78 is 27.3. The Morgan fingerprint density at radius 2 is 1.70 bits per heavy atom. The van der Waals surface area contributed by atoms with Crippen LogP contribution < -0.4 is 0 Å². The van der Waals surface area contributed by atoms with E-state index in [0.717, 1.165) is 52.8 Å². The number of hydrogen-bond donors (Lipinski definition) is 2. The minimum absolute atomic E-state index is 0.205. The summed E-state index contributed by atoms with van der Waals surface area (Å²) >= 11 is 0. The minimum atomic E-state index is -2.39. The third-order valence-corrected chi connectivity index (χ3v) is 9.77. The zero-order valence-corrected chi connectivity index (χ0v) is 25.8. The number of ether oxygens (including phenoxy) is 1. The summed E-state index contributed by atoms with van der Waals surface area (Å²) in [6, 6.07) is 14.8. The number of nitrogens with zero attached hydrogens (tertiary/aromatic N) is 6. The van der Waals surface area contributed by atoms with Gasteiger partial charge in [-0.1, -0.05) is 36.4 Å². The first-order valence-electron chi connectivity index (χ1n) is 14.9. The van der Waals surface area contributed by atoms with Gasteiger partial charge in [-0.3, -0.25) is 23.7 Å². The highest BCUT2D eigenvalue weighted by Crippen LogP contribution is 2.40. The van der Waals surface area contributed by atoms with E-state index in [0.29, 0.717) is 37.7 Å². The van der Waals surface area contributed by atoms with Crippen LogP contribution in [0.5, 0.6) is 0 Å². The van der Waals surface area contributed by atoms with Crippen LogP contribution in [0.4, 0.5) is 4.79 Å². The van der Waals surface area contributed by atoms with Crippen molar-refractivity contribution in [2.75, 3.05) is 37.7 Å². The molecule has 0 unspecified atom stereocenters. The van der Waals surface area contributed by atoms with Crippen LogP contribution in [0, 0.1) is 0 Å². The van der Waals surface area contributed by atoms with Gasteiger partial charge in [-0.2, -0.15) is 15.7 Å². The van der Waals surface area contributed by atoms with Crippen LogP contribution in [0.1, 0.15) is 45.2 Å². The Kier molecular flexibility index (Phi) is 8.16. The first-order chi connectivity index (χ1) is 20.5. The van der Waals surface area contributed by atoms with E-state index in [2.05, 4.69) is 40.3 Å². The Balaban J connectivity index is 1.15. The van der Waals surface area contributed by atoms with E-state index in [1.54, 1.807) is 11.1 Å². The van der Waals surface area contributed by atoms with E-state index >= 15 is 0 Å². The summed E-state index contributed by atoms with van der Waals surface area (Å²) in [5, 5.41) is 4.66. The lowest BCUT2D eigenvalue weighted by atomic mass is 10.0. The molecule has 2 aromatic heterocycles. The third-order valence-electron chi connectivity index (χ3n) is 8.10. The lowest BCUT2D eigenvalue weighted by Crippen LogP contribution is -2.42. The van der Waals surface area contributed by atoms with E-state index in [9.17, 15) is 13.9 Å². The van der Waals surface area contributed by atoms with Gasteiger partial charge in [0.1, 0.15) is 5.60 Å². The van der Waals surface area contributed by atoms with E-state index in [-0.39, 0.29) is 12.1 Å². The lowest BCUT2D eigenvalue weighted by Gasteiger charge is -2.41. The van der Waals surface area contributed by atoms with Gasteiger partial charge in [0.25, 0.3) is 0 Å². The number of carbonyl (C=O) groups is 1. The average molecular weight is 605 g/mol. The van der Waals surface area contributed by atoms with Crippen molar-refractivity contribution in [3.8, 4) is 22.4 Å². The molecule has 2 N–H and O–H groups in total. The molecule has 0 atom stereocenters. The molecule has 4 heterocycles. The quantitative estimate of drug-likeness (QED) is 0.273. The molecule has 11 heteroatoms. The second-order valence-electron chi connectivity index (χ2n) is 12.5. The minimum Gasteiger partial charge on any atom is -0.444 e. The van der Waals surface area contributed by atoms with Crippen molar-refractivity contribution in [2.45, 2.75) is 51.8 Å². The van der Waals surface area contributed by atoms with Gasteiger partial charge in [0.15, 0.2) is 0 Å². The molecule has 2 aliphatic rings. The third kappa shape index (κ3) is 7.01. The van der Waals surface area contributed by atoms with E-state index < -0.39 is 16.2 Å². The van der Waals surface area contributed by atoms with Gasteiger partial charge in [0.2, 0.25) is 0 Å². The molecule has 228 valence electrons. The Morgan fingerprint density at radius 1 is 0.977 bits per heavy atom.